The van der Waals surface area contributed by atoms with E-state index in [0.717, 1.165) is 26.1 Å². The van der Waals surface area contributed by atoms with Crippen LogP contribution in [0.3, 0.4) is 0 Å². The van der Waals surface area contributed by atoms with Gasteiger partial charge < -0.3 is 9.80 Å². The number of carbonyl (C=O) groups is 1. The molecule has 0 bridgehead atoms. The van der Waals surface area contributed by atoms with Gasteiger partial charge in [-0.05, 0) is 45.2 Å². The molecular formula is C12H22N2O. The second-order valence-corrected chi connectivity index (χ2v) is 4.74. The third-order valence-corrected chi connectivity index (χ3v) is 3.55. The lowest BCUT2D eigenvalue weighted by atomic mass is 10.1. The van der Waals surface area contributed by atoms with Crippen LogP contribution in [0.15, 0.2) is 0 Å². The van der Waals surface area contributed by atoms with Crippen LogP contribution in [0.4, 0.5) is 0 Å². The highest BCUT2D eigenvalue weighted by Crippen LogP contribution is 2.12. The van der Waals surface area contributed by atoms with Gasteiger partial charge in [0, 0.05) is 26.1 Å². The van der Waals surface area contributed by atoms with Gasteiger partial charge in [-0.3, -0.25) is 4.79 Å². The minimum absolute atomic E-state index is 0.376. The molecule has 0 saturated carbocycles. The van der Waals surface area contributed by atoms with E-state index in [2.05, 4.69) is 9.80 Å². The fourth-order valence-electron chi connectivity index (χ4n) is 2.56. The molecule has 0 aromatic carbocycles. The third kappa shape index (κ3) is 3.20. The lowest BCUT2D eigenvalue weighted by Crippen LogP contribution is -2.37. The molecule has 2 aliphatic rings. The number of amides is 1. The maximum absolute atomic E-state index is 11.9. The fourth-order valence-corrected chi connectivity index (χ4v) is 2.56. The summed E-state index contributed by atoms with van der Waals surface area (Å²) in [6, 6.07) is 0. The van der Waals surface area contributed by atoms with Gasteiger partial charge >= 0.3 is 0 Å². The molecular weight excluding hydrogens is 188 g/mol. The summed E-state index contributed by atoms with van der Waals surface area (Å²) in [5.74, 6) is 0.376. The van der Waals surface area contributed by atoms with E-state index >= 15 is 0 Å². The van der Waals surface area contributed by atoms with Gasteiger partial charge in [0.15, 0.2) is 0 Å². The van der Waals surface area contributed by atoms with Crippen molar-refractivity contribution in [3.8, 4) is 0 Å². The summed E-state index contributed by atoms with van der Waals surface area (Å²) < 4.78 is 0. The molecule has 0 aromatic rings. The van der Waals surface area contributed by atoms with Crippen molar-refractivity contribution in [1.29, 1.82) is 0 Å². The number of rotatable bonds is 3. The smallest absolute Gasteiger partial charge is 0.223 e. The summed E-state index contributed by atoms with van der Waals surface area (Å²) in [6.45, 7) is 5.38. The molecule has 2 rings (SSSR count). The van der Waals surface area contributed by atoms with Crippen molar-refractivity contribution in [3.05, 3.63) is 0 Å². The Morgan fingerprint density at radius 3 is 2.13 bits per heavy atom. The van der Waals surface area contributed by atoms with E-state index in [9.17, 15) is 4.79 Å². The lowest BCUT2D eigenvalue weighted by molar-refractivity contribution is -0.132. The molecule has 0 N–H and O–H groups in total. The molecule has 0 atom stereocenters. The quantitative estimate of drug-likeness (QED) is 0.704. The van der Waals surface area contributed by atoms with Crippen LogP contribution in [0.2, 0.25) is 0 Å². The normalized spacial score (nSPS) is 23.3. The molecule has 1 amide bonds. The van der Waals surface area contributed by atoms with Gasteiger partial charge in [0.2, 0.25) is 5.91 Å². The molecule has 86 valence electrons. The third-order valence-electron chi connectivity index (χ3n) is 3.55. The molecule has 0 unspecified atom stereocenters. The average molecular weight is 210 g/mol. The minimum Gasteiger partial charge on any atom is -0.343 e. The molecule has 2 saturated heterocycles. The van der Waals surface area contributed by atoms with E-state index in [4.69, 9.17) is 0 Å². The molecule has 2 heterocycles. The van der Waals surface area contributed by atoms with Crippen molar-refractivity contribution in [2.45, 2.75) is 38.5 Å². The standard InChI is InChI=1S/C12H22N2O/c15-12(14-9-2-1-3-10-14)6-11-13-7-4-5-8-13/h1-11H2. The summed E-state index contributed by atoms with van der Waals surface area (Å²) in [7, 11) is 0. The molecule has 0 spiro atoms. The van der Waals surface area contributed by atoms with Crippen LogP contribution in [-0.2, 0) is 4.79 Å². The summed E-state index contributed by atoms with van der Waals surface area (Å²) in [5, 5.41) is 0. The SMILES string of the molecule is O=C(CCN1CCCC1)N1CCCCC1. The van der Waals surface area contributed by atoms with Gasteiger partial charge in [0.05, 0.1) is 0 Å². The van der Waals surface area contributed by atoms with Gasteiger partial charge in [0.1, 0.15) is 0 Å². The molecule has 2 fully saturated rings. The summed E-state index contributed by atoms with van der Waals surface area (Å²) in [4.78, 5) is 16.3. The highest BCUT2D eigenvalue weighted by molar-refractivity contribution is 5.76. The zero-order chi connectivity index (χ0) is 10.5. The van der Waals surface area contributed by atoms with Crippen molar-refractivity contribution in [2.24, 2.45) is 0 Å². The minimum atomic E-state index is 0.376. The van der Waals surface area contributed by atoms with Crippen molar-refractivity contribution in [2.75, 3.05) is 32.7 Å². The molecule has 0 aliphatic carbocycles. The topological polar surface area (TPSA) is 23.6 Å². The van der Waals surface area contributed by atoms with E-state index in [0.29, 0.717) is 5.91 Å². The van der Waals surface area contributed by atoms with Crippen molar-refractivity contribution < 1.29 is 4.79 Å². The zero-order valence-corrected chi connectivity index (χ0v) is 9.58. The first kappa shape index (κ1) is 10.9. The highest BCUT2D eigenvalue weighted by atomic mass is 16.2. The Balaban J connectivity index is 1.66. The Hall–Kier alpha value is -0.570. The molecule has 0 aromatic heterocycles. The van der Waals surface area contributed by atoms with E-state index < -0.39 is 0 Å². The second-order valence-electron chi connectivity index (χ2n) is 4.74. The monoisotopic (exact) mass is 210 g/mol. The Kier molecular flexibility index (Phi) is 4.01. The second kappa shape index (κ2) is 5.50. The van der Waals surface area contributed by atoms with Gasteiger partial charge in [-0.25, -0.2) is 0 Å². The first-order valence-electron chi connectivity index (χ1n) is 6.36. The number of nitrogens with zero attached hydrogens (tertiary/aromatic N) is 2. The molecule has 3 heteroatoms. The predicted molar refractivity (Wildman–Crippen MR) is 60.7 cm³/mol. The molecule has 2 aliphatic heterocycles. The van der Waals surface area contributed by atoms with E-state index in [-0.39, 0.29) is 0 Å². The van der Waals surface area contributed by atoms with Crippen molar-refractivity contribution >= 4 is 5.91 Å². The van der Waals surface area contributed by atoms with Crippen LogP contribution >= 0.6 is 0 Å². The molecule has 3 nitrogen and oxygen atoms in total. The van der Waals surface area contributed by atoms with E-state index in [1.807, 2.05) is 0 Å². The number of carbonyl (C=O) groups excluding carboxylic acids is 1. The number of likely N-dealkylation sites (tertiary alicyclic amines) is 2. The van der Waals surface area contributed by atoms with Gasteiger partial charge in [-0.15, -0.1) is 0 Å². The number of hydrogen-bond acceptors (Lipinski definition) is 2. The largest absolute Gasteiger partial charge is 0.343 e. The van der Waals surface area contributed by atoms with E-state index in [1.165, 1.54) is 45.2 Å². The maximum atomic E-state index is 11.9. The highest BCUT2D eigenvalue weighted by Gasteiger charge is 2.18. The zero-order valence-electron chi connectivity index (χ0n) is 9.58. The van der Waals surface area contributed by atoms with Crippen molar-refractivity contribution in [1.82, 2.24) is 9.80 Å². The van der Waals surface area contributed by atoms with Gasteiger partial charge in [0.25, 0.3) is 0 Å². The summed E-state index contributed by atoms with van der Waals surface area (Å²) in [5.41, 5.74) is 0. The predicted octanol–water partition coefficient (Wildman–Crippen LogP) is 1.48. The fraction of sp³-hybridized carbons (Fsp3) is 0.917. The molecule has 15 heavy (non-hydrogen) atoms. The van der Waals surface area contributed by atoms with Crippen molar-refractivity contribution in [3.63, 3.8) is 0 Å². The average Bonchev–Trinajstić information content (AvgIpc) is 2.80. The van der Waals surface area contributed by atoms with Gasteiger partial charge in [-0.1, -0.05) is 0 Å². The molecule has 0 radical (unpaired) electrons. The Labute approximate surface area is 92.4 Å². The van der Waals surface area contributed by atoms with Crippen LogP contribution in [-0.4, -0.2) is 48.4 Å². The van der Waals surface area contributed by atoms with Crippen LogP contribution in [0.5, 0.6) is 0 Å². The Morgan fingerprint density at radius 1 is 0.867 bits per heavy atom. The van der Waals surface area contributed by atoms with Crippen LogP contribution in [0.1, 0.15) is 38.5 Å². The number of piperidine rings is 1. The number of hydrogen-bond donors (Lipinski definition) is 0. The lowest BCUT2D eigenvalue weighted by Gasteiger charge is -2.27. The summed E-state index contributed by atoms with van der Waals surface area (Å²) >= 11 is 0. The Bertz CT molecular complexity index is 206. The van der Waals surface area contributed by atoms with Crippen LogP contribution < -0.4 is 0 Å². The first-order chi connectivity index (χ1) is 7.36. The first-order valence-corrected chi connectivity index (χ1v) is 6.36. The van der Waals surface area contributed by atoms with Crippen LogP contribution in [0.25, 0.3) is 0 Å². The summed E-state index contributed by atoms with van der Waals surface area (Å²) in [6.07, 6.45) is 7.08. The van der Waals surface area contributed by atoms with E-state index in [1.54, 1.807) is 0 Å². The maximum Gasteiger partial charge on any atom is 0.223 e. The van der Waals surface area contributed by atoms with Crippen LogP contribution in [0, 0.1) is 0 Å². The Morgan fingerprint density at radius 2 is 1.47 bits per heavy atom. The van der Waals surface area contributed by atoms with Gasteiger partial charge in [-0.2, -0.15) is 0 Å².